The summed E-state index contributed by atoms with van der Waals surface area (Å²) < 4.78 is 0. The van der Waals surface area contributed by atoms with E-state index in [1.165, 1.54) is 19.4 Å². The van der Waals surface area contributed by atoms with Gasteiger partial charge in [0.2, 0.25) is 0 Å². The van der Waals surface area contributed by atoms with Crippen LogP contribution in [0, 0.1) is 5.92 Å². The fourth-order valence-corrected chi connectivity index (χ4v) is 2.30. The van der Waals surface area contributed by atoms with Crippen LogP contribution < -0.4 is 5.73 Å². The summed E-state index contributed by atoms with van der Waals surface area (Å²) in [5.74, 6) is 0.727. The van der Waals surface area contributed by atoms with Crippen LogP contribution in [-0.4, -0.2) is 29.0 Å². The van der Waals surface area contributed by atoms with Crippen LogP contribution in [0.4, 0.5) is 0 Å². The van der Waals surface area contributed by atoms with Crippen LogP contribution in [0.2, 0.25) is 0 Å². The molecule has 0 bridgehead atoms. The zero-order valence-electron chi connectivity index (χ0n) is 11.3. The Balaban J connectivity index is 4.13. The van der Waals surface area contributed by atoms with Gasteiger partial charge in [-0.2, -0.15) is 0 Å². The normalized spacial score (nSPS) is 11.7. The van der Waals surface area contributed by atoms with Crippen LogP contribution in [0.15, 0.2) is 0 Å². The molecule has 0 radical (unpaired) electrons. The van der Waals surface area contributed by atoms with Gasteiger partial charge in [0.05, 0.1) is 4.99 Å². The molecule has 0 amide bonds. The first-order chi connectivity index (χ1) is 7.51. The van der Waals surface area contributed by atoms with Crippen LogP contribution in [-0.2, 0) is 0 Å². The SMILES string of the molecule is CCC(CC)N(CCCC(N)=S)CC(C)C. The Kier molecular flexibility index (Phi) is 8.86. The zero-order chi connectivity index (χ0) is 12.6. The van der Waals surface area contributed by atoms with Gasteiger partial charge >= 0.3 is 0 Å². The molecule has 0 saturated carbocycles. The molecule has 3 heteroatoms. The fraction of sp³-hybridized carbons (Fsp3) is 0.923. The largest absolute Gasteiger partial charge is 0.393 e. The molecule has 0 aromatic rings. The number of hydrogen-bond donors (Lipinski definition) is 1. The van der Waals surface area contributed by atoms with E-state index in [-0.39, 0.29) is 0 Å². The van der Waals surface area contributed by atoms with E-state index in [9.17, 15) is 0 Å². The van der Waals surface area contributed by atoms with Gasteiger partial charge in [-0.25, -0.2) is 0 Å². The molecular formula is C13H28N2S. The van der Waals surface area contributed by atoms with Crippen LogP contribution in [0.25, 0.3) is 0 Å². The molecule has 0 atom stereocenters. The highest BCUT2D eigenvalue weighted by Gasteiger charge is 2.15. The predicted molar refractivity (Wildman–Crippen MR) is 76.8 cm³/mol. The van der Waals surface area contributed by atoms with Gasteiger partial charge in [-0.05, 0) is 38.1 Å². The second kappa shape index (κ2) is 8.94. The lowest BCUT2D eigenvalue weighted by Crippen LogP contribution is -2.38. The lowest BCUT2D eigenvalue weighted by atomic mass is 10.1. The molecule has 0 aliphatic rings. The van der Waals surface area contributed by atoms with Crippen LogP contribution in [0.5, 0.6) is 0 Å². The molecular weight excluding hydrogens is 216 g/mol. The van der Waals surface area contributed by atoms with Gasteiger partial charge in [-0.15, -0.1) is 0 Å². The molecule has 0 aromatic carbocycles. The Bertz CT molecular complexity index is 188. The van der Waals surface area contributed by atoms with E-state index < -0.39 is 0 Å². The molecule has 0 aliphatic heterocycles. The van der Waals surface area contributed by atoms with E-state index in [4.69, 9.17) is 18.0 Å². The monoisotopic (exact) mass is 244 g/mol. The van der Waals surface area contributed by atoms with Crippen molar-refractivity contribution < 1.29 is 0 Å². The summed E-state index contributed by atoms with van der Waals surface area (Å²) in [6.45, 7) is 11.4. The average Bonchev–Trinajstić information content (AvgIpc) is 2.17. The lowest BCUT2D eigenvalue weighted by molar-refractivity contribution is 0.165. The van der Waals surface area contributed by atoms with Crippen molar-refractivity contribution in [3.8, 4) is 0 Å². The molecule has 0 unspecified atom stereocenters. The van der Waals surface area contributed by atoms with E-state index >= 15 is 0 Å². The fourth-order valence-electron chi connectivity index (χ4n) is 2.15. The highest BCUT2D eigenvalue weighted by atomic mass is 32.1. The lowest BCUT2D eigenvalue weighted by Gasteiger charge is -2.31. The molecule has 0 saturated heterocycles. The van der Waals surface area contributed by atoms with Crippen LogP contribution >= 0.6 is 12.2 Å². The Morgan fingerprint density at radius 3 is 2.19 bits per heavy atom. The standard InChI is InChI=1S/C13H28N2S/c1-5-12(6-2)15(10-11(3)4)9-7-8-13(14)16/h11-12H,5-10H2,1-4H3,(H2,14,16). The average molecular weight is 244 g/mol. The zero-order valence-corrected chi connectivity index (χ0v) is 12.1. The molecule has 0 spiro atoms. The maximum Gasteiger partial charge on any atom is 0.0727 e. The summed E-state index contributed by atoms with van der Waals surface area (Å²) in [5.41, 5.74) is 5.53. The first-order valence-corrected chi connectivity index (χ1v) is 6.94. The minimum absolute atomic E-state index is 0.647. The Hall–Kier alpha value is -0.150. The molecule has 0 rings (SSSR count). The summed E-state index contributed by atoms with van der Waals surface area (Å²) in [7, 11) is 0. The first kappa shape index (κ1) is 15.9. The van der Waals surface area contributed by atoms with Gasteiger partial charge in [-0.1, -0.05) is 39.9 Å². The van der Waals surface area contributed by atoms with Crippen molar-refractivity contribution in [2.75, 3.05) is 13.1 Å². The van der Waals surface area contributed by atoms with E-state index in [1.807, 2.05) is 0 Å². The van der Waals surface area contributed by atoms with Gasteiger partial charge in [0, 0.05) is 12.6 Å². The van der Waals surface area contributed by atoms with Gasteiger partial charge in [0.15, 0.2) is 0 Å². The maximum absolute atomic E-state index is 5.53. The predicted octanol–water partition coefficient (Wildman–Crippen LogP) is 3.20. The highest BCUT2D eigenvalue weighted by Crippen LogP contribution is 2.12. The van der Waals surface area contributed by atoms with Crippen molar-refractivity contribution in [1.82, 2.24) is 4.90 Å². The van der Waals surface area contributed by atoms with Gasteiger partial charge in [-0.3, -0.25) is 0 Å². The number of hydrogen-bond acceptors (Lipinski definition) is 2. The molecule has 2 nitrogen and oxygen atoms in total. The quantitative estimate of drug-likeness (QED) is 0.632. The highest BCUT2D eigenvalue weighted by molar-refractivity contribution is 7.80. The molecule has 0 fully saturated rings. The maximum atomic E-state index is 5.53. The Morgan fingerprint density at radius 1 is 1.25 bits per heavy atom. The third kappa shape index (κ3) is 7.18. The Morgan fingerprint density at radius 2 is 1.81 bits per heavy atom. The molecule has 96 valence electrons. The number of nitrogens with two attached hydrogens (primary N) is 1. The van der Waals surface area contributed by atoms with Crippen LogP contribution in [0.1, 0.15) is 53.4 Å². The van der Waals surface area contributed by atoms with Gasteiger partial charge in [0.25, 0.3) is 0 Å². The minimum Gasteiger partial charge on any atom is -0.393 e. The van der Waals surface area contributed by atoms with E-state index in [0.29, 0.717) is 11.0 Å². The second-order valence-corrected chi connectivity index (χ2v) is 5.45. The van der Waals surface area contributed by atoms with Gasteiger partial charge < -0.3 is 10.6 Å². The van der Waals surface area contributed by atoms with Crippen LogP contribution in [0.3, 0.4) is 0 Å². The van der Waals surface area contributed by atoms with Crippen molar-refractivity contribution in [3.63, 3.8) is 0 Å². The molecule has 0 aliphatic carbocycles. The third-order valence-electron chi connectivity index (χ3n) is 2.93. The summed E-state index contributed by atoms with van der Waals surface area (Å²) in [4.78, 5) is 3.25. The number of thiocarbonyl (C=S) groups is 1. The van der Waals surface area contributed by atoms with Crippen molar-refractivity contribution in [3.05, 3.63) is 0 Å². The molecule has 2 N–H and O–H groups in total. The first-order valence-electron chi connectivity index (χ1n) is 6.53. The smallest absolute Gasteiger partial charge is 0.0727 e. The van der Waals surface area contributed by atoms with Crippen molar-refractivity contribution in [2.24, 2.45) is 11.7 Å². The van der Waals surface area contributed by atoms with Crippen molar-refractivity contribution in [2.45, 2.75) is 59.4 Å². The number of nitrogens with zero attached hydrogens (tertiary/aromatic N) is 1. The Labute approximate surface area is 107 Å². The molecule has 0 heterocycles. The number of rotatable bonds is 9. The molecule has 16 heavy (non-hydrogen) atoms. The summed E-state index contributed by atoms with van der Waals surface area (Å²) in [6.07, 6.45) is 4.44. The van der Waals surface area contributed by atoms with Crippen molar-refractivity contribution in [1.29, 1.82) is 0 Å². The topological polar surface area (TPSA) is 29.3 Å². The molecule has 0 aromatic heterocycles. The van der Waals surface area contributed by atoms with Gasteiger partial charge in [0.1, 0.15) is 0 Å². The van der Waals surface area contributed by atoms with E-state index in [2.05, 4.69) is 32.6 Å². The summed E-state index contributed by atoms with van der Waals surface area (Å²) >= 11 is 4.92. The summed E-state index contributed by atoms with van der Waals surface area (Å²) in [6, 6.07) is 0.716. The van der Waals surface area contributed by atoms with E-state index in [1.54, 1.807) is 0 Å². The van der Waals surface area contributed by atoms with Crippen molar-refractivity contribution >= 4 is 17.2 Å². The second-order valence-electron chi connectivity index (χ2n) is 4.93. The minimum atomic E-state index is 0.647. The third-order valence-corrected chi connectivity index (χ3v) is 3.13. The van der Waals surface area contributed by atoms with E-state index in [0.717, 1.165) is 25.3 Å². The summed E-state index contributed by atoms with van der Waals surface area (Å²) in [5, 5.41) is 0.